The highest BCUT2D eigenvalue weighted by Gasteiger charge is 2.06. The number of aromatic nitrogens is 2. The fourth-order valence-corrected chi connectivity index (χ4v) is 1.70. The number of rotatable bonds is 6. The number of nitrogen functional groups attached to an aromatic ring is 1. The molecule has 5 nitrogen and oxygen atoms in total. The number of nitrogens with one attached hydrogen (secondary N) is 1. The van der Waals surface area contributed by atoms with E-state index in [1.54, 1.807) is 12.4 Å². The van der Waals surface area contributed by atoms with Gasteiger partial charge in [0.1, 0.15) is 11.5 Å². The Morgan fingerprint density at radius 2 is 2.00 bits per heavy atom. The zero-order valence-corrected chi connectivity index (χ0v) is 10.5. The van der Waals surface area contributed by atoms with Gasteiger partial charge in [0, 0.05) is 30.1 Å². The summed E-state index contributed by atoms with van der Waals surface area (Å²) in [6.45, 7) is 0.971. The molecular weight excluding hydrogens is 240 g/mol. The molecule has 0 aromatic carbocycles. The van der Waals surface area contributed by atoms with Crippen molar-refractivity contribution in [1.82, 2.24) is 9.97 Å². The molecule has 0 saturated heterocycles. The molecule has 0 unspecified atom stereocenters. The van der Waals surface area contributed by atoms with Crippen LogP contribution >= 0.6 is 0 Å². The van der Waals surface area contributed by atoms with Gasteiger partial charge in [0.15, 0.2) is 0 Å². The van der Waals surface area contributed by atoms with E-state index in [2.05, 4.69) is 9.97 Å². The zero-order valence-electron chi connectivity index (χ0n) is 10.5. The van der Waals surface area contributed by atoms with Gasteiger partial charge in [-0.1, -0.05) is 12.1 Å². The quantitative estimate of drug-likeness (QED) is 0.466. The Kier molecular flexibility index (Phi) is 4.58. The van der Waals surface area contributed by atoms with Gasteiger partial charge in [-0.25, -0.2) is 0 Å². The number of amidine groups is 1. The molecule has 0 aliphatic carbocycles. The van der Waals surface area contributed by atoms with Crippen molar-refractivity contribution in [2.45, 2.75) is 13.0 Å². The van der Waals surface area contributed by atoms with Crippen LogP contribution in [-0.2, 0) is 17.8 Å². The van der Waals surface area contributed by atoms with Crippen LogP contribution < -0.4 is 5.73 Å². The molecule has 2 aromatic rings. The number of pyridine rings is 2. The Labute approximate surface area is 112 Å². The molecule has 0 aliphatic heterocycles. The number of hydrogen-bond donors (Lipinski definition) is 2. The first-order chi connectivity index (χ1) is 9.27. The molecule has 0 saturated carbocycles. The van der Waals surface area contributed by atoms with Crippen LogP contribution in [0.3, 0.4) is 0 Å². The summed E-state index contributed by atoms with van der Waals surface area (Å²) in [6, 6.07) is 9.49. The third-order valence-electron chi connectivity index (χ3n) is 2.63. The topological polar surface area (TPSA) is 84.9 Å². The summed E-state index contributed by atoms with van der Waals surface area (Å²) >= 11 is 0. The van der Waals surface area contributed by atoms with Gasteiger partial charge < -0.3 is 10.5 Å². The fourth-order valence-electron chi connectivity index (χ4n) is 1.70. The van der Waals surface area contributed by atoms with Gasteiger partial charge in [-0.2, -0.15) is 0 Å². The zero-order chi connectivity index (χ0) is 13.5. The molecular formula is C14H16N4O. The van der Waals surface area contributed by atoms with E-state index >= 15 is 0 Å². The Bertz CT molecular complexity index is 542. The van der Waals surface area contributed by atoms with Gasteiger partial charge in [-0.3, -0.25) is 15.4 Å². The number of hydrogen-bond acceptors (Lipinski definition) is 4. The average molecular weight is 256 g/mol. The maximum absolute atomic E-state index is 7.44. The highest BCUT2D eigenvalue weighted by Crippen LogP contribution is 2.06. The van der Waals surface area contributed by atoms with Gasteiger partial charge >= 0.3 is 0 Å². The summed E-state index contributed by atoms with van der Waals surface area (Å²) in [7, 11) is 0. The molecule has 0 radical (unpaired) electrons. The molecule has 0 bridgehead atoms. The predicted molar refractivity (Wildman–Crippen MR) is 72.9 cm³/mol. The SMILES string of the molecule is N=C(N)c1ncccc1COCCc1ccccn1. The third-order valence-corrected chi connectivity index (χ3v) is 2.63. The standard InChI is InChI=1S/C14H16N4O/c15-14(16)13-11(4-3-8-18-13)10-19-9-6-12-5-1-2-7-17-12/h1-5,7-8H,6,9-10H2,(H3,15,16). The molecule has 2 heterocycles. The monoisotopic (exact) mass is 256 g/mol. The minimum atomic E-state index is -0.0380. The molecule has 0 amide bonds. The van der Waals surface area contributed by atoms with Crippen LogP contribution in [-0.4, -0.2) is 22.4 Å². The number of nitrogens with two attached hydrogens (primary N) is 1. The van der Waals surface area contributed by atoms with E-state index in [1.807, 2.05) is 30.3 Å². The lowest BCUT2D eigenvalue weighted by atomic mass is 10.2. The van der Waals surface area contributed by atoms with Crippen molar-refractivity contribution in [1.29, 1.82) is 5.41 Å². The highest BCUT2D eigenvalue weighted by molar-refractivity contribution is 5.94. The number of nitrogens with zero attached hydrogens (tertiary/aromatic N) is 2. The fraction of sp³-hybridized carbons (Fsp3) is 0.214. The van der Waals surface area contributed by atoms with E-state index in [-0.39, 0.29) is 5.84 Å². The van der Waals surface area contributed by atoms with E-state index in [0.29, 0.717) is 18.9 Å². The van der Waals surface area contributed by atoms with Crippen LogP contribution in [0.4, 0.5) is 0 Å². The van der Waals surface area contributed by atoms with Gasteiger partial charge in [-0.05, 0) is 18.2 Å². The van der Waals surface area contributed by atoms with E-state index in [1.165, 1.54) is 0 Å². The normalized spacial score (nSPS) is 10.3. The molecule has 19 heavy (non-hydrogen) atoms. The second-order valence-corrected chi connectivity index (χ2v) is 4.05. The van der Waals surface area contributed by atoms with Crippen molar-refractivity contribution in [2.24, 2.45) is 5.73 Å². The minimum absolute atomic E-state index is 0.0380. The Morgan fingerprint density at radius 3 is 2.74 bits per heavy atom. The Balaban J connectivity index is 1.85. The predicted octanol–water partition coefficient (Wildman–Crippen LogP) is 1.52. The summed E-state index contributed by atoms with van der Waals surface area (Å²) in [5.41, 5.74) is 7.78. The molecule has 5 heteroatoms. The molecule has 98 valence electrons. The van der Waals surface area contributed by atoms with Gasteiger partial charge in [0.2, 0.25) is 0 Å². The van der Waals surface area contributed by atoms with Crippen LogP contribution in [0.1, 0.15) is 17.0 Å². The summed E-state index contributed by atoms with van der Waals surface area (Å²) in [5, 5.41) is 7.44. The molecule has 0 atom stereocenters. The van der Waals surface area contributed by atoms with E-state index < -0.39 is 0 Å². The first-order valence-corrected chi connectivity index (χ1v) is 6.03. The lowest BCUT2D eigenvalue weighted by molar-refractivity contribution is 0.123. The summed E-state index contributed by atoms with van der Waals surface area (Å²) in [4.78, 5) is 8.30. The maximum atomic E-state index is 7.44. The van der Waals surface area contributed by atoms with E-state index in [4.69, 9.17) is 15.9 Å². The molecule has 2 aromatic heterocycles. The summed E-state index contributed by atoms with van der Waals surface area (Å²) in [5.74, 6) is -0.0380. The average Bonchev–Trinajstić information content (AvgIpc) is 2.45. The van der Waals surface area contributed by atoms with Crippen LogP contribution in [0.25, 0.3) is 0 Å². The maximum Gasteiger partial charge on any atom is 0.142 e. The molecule has 0 aliphatic rings. The summed E-state index contributed by atoms with van der Waals surface area (Å²) in [6.07, 6.45) is 4.15. The first-order valence-electron chi connectivity index (χ1n) is 6.03. The van der Waals surface area contributed by atoms with Crippen molar-refractivity contribution in [3.05, 3.63) is 59.7 Å². The Hall–Kier alpha value is -2.27. The second kappa shape index (κ2) is 6.61. The van der Waals surface area contributed by atoms with E-state index in [9.17, 15) is 0 Å². The van der Waals surface area contributed by atoms with Crippen LogP contribution in [0.15, 0.2) is 42.7 Å². The van der Waals surface area contributed by atoms with Crippen LogP contribution in [0.5, 0.6) is 0 Å². The van der Waals surface area contributed by atoms with Crippen molar-refractivity contribution in [2.75, 3.05) is 6.61 Å². The summed E-state index contributed by atoms with van der Waals surface area (Å²) < 4.78 is 5.58. The van der Waals surface area contributed by atoms with Gasteiger partial charge in [0.05, 0.1) is 13.2 Å². The number of ether oxygens (including phenoxy) is 1. The minimum Gasteiger partial charge on any atom is -0.382 e. The molecule has 2 rings (SSSR count). The van der Waals surface area contributed by atoms with Gasteiger partial charge in [-0.15, -0.1) is 0 Å². The molecule has 0 spiro atoms. The van der Waals surface area contributed by atoms with Crippen LogP contribution in [0, 0.1) is 5.41 Å². The smallest absolute Gasteiger partial charge is 0.142 e. The van der Waals surface area contributed by atoms with E-state index in [0.717, 1.165) is 17.7 Å². The second-order valence-electron chi connectivity index (χ2n) is 4.05. The van der Waals surface area contributed by atoms with Crippen LogP contribution in [0.2, 0.25) is 0 Å². The highest BCUT2D eigenvalue weighted by atomic mass is 16.5. The third kappa shape index (κ3) is 3.86. The Morgan fingerprint density at radius 1 is 1.16 bits per heavy atom. The van der Waals surface area contributed by atoms with Crippen molar-refractivity contribution in [3.63, 3.8) is 0 Å². The first kappa shape index (κ1) is 13.2. The van der Waals surface area contributed by atoms with Gasteiger partial charge in [0.25, 0.3) is 0 Å². The largest absolute Gasteiger partial charge is 0.382 e. The molecule has 0 fully saturated rings. The lowest BCUT2D eigenvalue weighted by Crippen LogP contribution is -2.16. The van der Waals surface area contributed by atoms with Crippen molar-refractivity contribution in [3.8, 4) is 0 Å². The van der Waals surface area contributed by atoms with Crippen molar-refractivity contribution >= 4 is 5.84 Å². The lowest BCUT2D eigenvalue weighted by Gasteiger charge is -2.07. The molecule has 3 N–H and O–H groups in total. The van der Waals surface area contributed by atoms with Crippen molar-refractivity contribution < 1.29 is 4.74 Å².